The van der Waals surface area contributed by atoms with Crippen molar-refractivity contribution in [3.05, 3.63) is 11.8 Å². The fourth-order valence-corrected chi connectivity index (χ4v) is 2.80. The lowest BCUT2D eigenvalue weighted by atomic mass is 10.0. The normalized spacial score (nSPS) is 20.2. The summed E-state index contributed by atoms with van der Waals surface area (Å²) in [4.78, 5) is 7.21. The van der Waals surface area contributed by atoms with E-state index in [1.165, 1.54) is 0 Å². The molecule has 0 aromatic carbocycles. The molecule has 4 N–H and O–H groups in total. The van der Waals surface area contributed by atoms with Crippen molar-refractivity contribution in [1.29, 1.82) is 0 Å². The van der Waals surface area contributed by atoms with Crippen LogP contribution in [-0.2, 0) is 6.18 Å². The Hall–Kier alpha value is -1.57. The number of halogens is 3. The fraction of sp³-hybridized carbons (Fsp3) is 0.692. The Morgan fingerprint density at radius 2 is 1.76 bits per heavy atom. The van der Waals surface area contributed by atoms with Crippen LogP contribution in [0.2, 0.25) is 0 Å². The Morgan fingerprint density at radius 3 is 2.19 bits per heavy atom. The number of nitrogen functional groups attached to an aromatic ring is 1. The predicted octanol–water partition coefficient (Wildman–Crippen LogP) is 2.88. The molecule has 1 aromatic rings. The summed E-state index contributed by atoms with van der Waals surface area (Å²) in [5.41, 5.74) is 1.32. The molecule has 1 heterocycles. The van der Waals surface area contributed by atoms with E-state index < -0.39 is 11.9 Å². The first-order valence-corrected chi connectivity index (χ1v) is 6.67. The van der Waals surface area contributed by atoms with Crippen molar-refractivity contribution in [3.8, 4) is 0 Å². The predicted molar refractivity (Wildman–Crippen MR) is 74.4 cm³/mol. The van der Waals surface area contributed by atoms with Gasteiger partial charge in [-0.1, -0.05) is 27.7 Å². The number of hydrogen-bond acceptors (Lipinski definition) is 5. The van der Waals surface area contributed by atoms with Gasteiger partial charge in [0.15, 0.2) is 5.69 Å². The number of nitrogens with one attached hydrogen (secondary N) is 2. The molecule has 0 amide bonds. The molecule has 118 valence electrons. The van der Waals surface area contributed by atoms with Gasteiger partial charge in [-0.05, 0) is 16.7 Å². The van der Waals surface area contributed by atoms with Gasteiger partial charge in [-0.3, -0.25) is 5.43 Å². The first-order valence-electron chi connectivity index (χ1n) is 6.67. The summed E-state index contributed by atoms with van der Waals surface area (Å²) >= 11 is 0. The maximum Gasteiger partial charge on any atom is 0.433 e. The number of aromatic nitrogens is 2. The first kappa shape index (κ1) is 15.8. The van der Waals surface area contributed by atoms with Gasteiger partial charge in [-0.2, -0.15) is 18.2 Å². The second-order valence-electron chi connectivity index (χ2n) is 6.48. The van der Waals surface area contributed by atoms with Gasteiger partial charge in [0.2, 0.25) is 5.95 Å². The lowest BCUT2D eigenvalue weighted by molar-refractivity contribution is -0.141. The molecular formula is C13H20F3N5. The average Bonchev–Trinajstić information content (AvgIpc) is 2.75. The minimum atomic E-state index is -4.54. The lowest BCUT2D eigenvalue weighted by Gasteiger charge is -2.12. The second-order valence-corrected chi connectivity index (χ2v) is 6.48. The smallest absolute Gasteiger partial charge is 0.370 e. The Morgan fingerprint density at radius 1 is 1.19 bits per heavy atom. The molecule has 1 saturated carbocycles. The van der Waals surface area contributed by atoms with Crippen LogP contribution in [0.1, 0.15) is 33.4 Å². The lowest BCUT2D eigenvalue weighted by Crippen LogP contribution is -2.18. The Labute approximate surface area is 121 Å². The number of hydrazine groups is 1. The molecule has 0 atom stereocenters. The molecule has 1 aromatic heterocycles. The van der Waals surface area contributed by atoms with E-state index >= 15 is 0 Å². The molecule has 0 unspecified atom stereocenters. The molecule has 0 saturated heterocycles. The monoisotopic (exact) mass is 303 g/mol. The van der Waals surface area contributed by atoms with Crippen molar-refractivity contribution in [2.24, 2.45) is 22.6 Å². The van der Waals surface area contributed by atoms with Gasteiger partial charge in [0.1, 0.15) is 5.82 Å². The summed E-state index contributed by atoms with van der Waals surface area (Å²) in [7, 11) is 0. The highest BCUT2D eigenvalue weighted by molar-refractivity contribution is 5.43. The van der Waals surface area contributed by atoms with E-state index in [9.17, 15) is 13.2 Å². The molecular weight excluding hydrogens is 283 g/mol. The largest absolute Gasteiger partial charge is 0.433 e. The van der Waals surface area contributed by atoms with Crippen molar-refractivity contribution in [1.82, 2.24) is 9.97 Å². The molecule has 0 spiro atoms. The highest BCUT2D eigenvalue weighted by Crippen LogP contribution is 2.68. The average molecular weight is 303 g/mol. The number of nitrogens with zero attached hydrogens (tertiary/aromatic N) is 2. The van der Waals surface area contributed by atoms with Crippen molar-refractivity contribution in [2.45, 2.75) is 33.9 Å². The number of anilines is 2. The van der Waals surface area contributed by atoms with E-state index in [-0.39, 0.29) is 22.6 Å². The summed E-state index contributed by atoms with van der Waals surface area (Å²) in [6, 6.07) is 0.892. The zero-order chi connectivity index (χ0) is 16.1. The van der Waals surface area contributed by atoms with E-state index in [0.29, 0.717) is 12.5 Å². The Kier molecular flexibility index (Phi) is 3.56. The SMILES string of the molecule is CC1(C)C(CNc2cc(C(F)(F)F)nc(NN)n2)C1(C)C. The highest BCUT2D eigenvalue weighted by Gasteiger charge is 2.64. The summed E-state index contributed by atoms with van der Waals surface area (Å²) < 4.78 is 38.3. The van der Waals surface area contributed by atoms with Crippen LogP contribution in [0.5, 0.6) is 0 Å². The van der Waals surface area contributed by atoms with Gasteiger partial charge in [0.05, 0.1) is 0 Å². The third-order valence-electron chi connectivity index (χ3n) is 4.95. The molecule has 21 heavy (non-hydrogen) atoms. The van der Waals surface area contributed by atoms with Crippen LogP contribution in [0.25, 0.3) is 0 Å². The van der Waals surface area contributed by atoms with Gasteiger partial charge in [-0.25, -0.2) is 10.8 Å². The minimum absolute atomic E-state index is 0.115. The van der Waals surface area contributed by atoms with E-state index in [1.54, 1.807) is 0 Å². The van der Waals surface area contributed by atoms with Gasteiger partial charge >= 0.3 is 6.18 Å². The molecule has 1 aliphatic rings. The van der Waals surface area contributed by atoms with E-state index in [2.05, 4.69) is 48.4 Å². The van der Waals surface area contributed by atoms with Gasteiger partial charge in [0.25, 0.3) is 0 Å². The maximum atomic E-state index is 12.8. The van der Waals surface area contributed by atoms with Crippen molar-refractivity contribution in [2.75, 3.05) is 17.3 Å². The molecule has 0 bridgehead atoms. The third-order valence-corrected chi connectivity index (χ3v) is 4.95. The molecule has 8 heteroatoms. The standard InChI is InChI=1S/C13H20F3N5/c1-11(2)7(12(11,3)4)6-18-9-5-8(13(14,15)16)19-10(20-9)21-17/h5,7H,6,17H2,1-4H3,(H2,18,19,20,21). The van der Waals surface area contributed by atoms with Crippen LogP contribution in [-0.4, -0.2) is 16.5 Å². The minimum Gasteiger partial charge on any atom is -0.370 e. The van der Waals surface area contributed by atoms with Gasteiger partial charge < -0.3 is 5.32 Å². The van der Waals surface area contributed by atoms with E-state index in [1.807, 2.05) is 0 Å². The molecule has 5 nitrogen and oxygen atoms in total. The van der Waals surface area contributed by atoms with Crippen LogP contribution in [0, 0.1) is 16.7 Å². The van der Waals surface area contributed by atoms with E-state index in [4.69, 9.17) is 5.84 Å². The van der Waals surface area contributed by atoms with E-state index in [0.717, 1.165) is 6.07 Å². The summed E-state index contributed by atoms with van der Waals surface area (Å²) in [5.74, 6) is 5.33. The molecule has 1 aliphatic carbocycles. The van der Waals surface area contributed by atoms with Gasteiger partial charge in [-0.15, -0.1) is 0 Å². The van der Waals surface area contributed by atoms with Crippen molar-refractivity contribution in [3.63, 3.8) is 0 Å². The third kappa shape index (κ3) is 2.76. The Bertz CT molecular complexity index is 525. The fourth-order valence-electron chi connectivity index (χ4n) is 2.80. The zero-order valence-electron chi connectivity index (χ0n) is 12.5. The zero-order valence-corrected chi connectivity index (χ0v) is 12.5. The summed E-state index contributed by atoms with van der Waals surface area (Å²) in [6.45, 7) is 9.14. The van der Waals surface area contributed by atoms with Crippen LogP contribution >= 0.6 is 0 Å². The molecule has 2 rings (SSSR count). The van der Waals surface area contributed by atoms with Crippen molar-refractivity contribution >= 4 is 11.8 Å². The second kappa shape index (κ2) is 4.72. The topological polar surface area (TPSA) is 75.9 Å². The number of nitrogens with two attached hydrogens (primary N) is 1. The quantitative estimate of drug-likeness (QED) is 0.589. The van der Waals surface area contributed by atoms with Crippen LogP contribution in [0.4, 0.5) is 24.9 Å². The number of alkyl halides is 3. The number of hydrogen-bond donors (Lipinski definition) is 3. The summed E-state index contributed by atoms with van der Waals surface area (Å²) in [6.07, 6.45) is -4.54. The number of rotatable bonds is 4. The highest BCUT2D eigenvalue weighted by atomic mass is 19.4. The Balaban J connectivity index is 2.14. The molecule has 0 aliphatic heterocycles. The summed E-state index contributed by atoms with van der Waals surface area (Å²) in [5, 5.41) is 2.96. The van der Waals surface area contributed by atoms with Gasteiger partial charge in [0, 0.05) is 12.6 Å². The molecule has 0 radical (unpaired) electrons. The molecule has 1 fully saturated rings. The first-order chi connectivity index (χ1) is 9.50. The van der Waals surface area contributed by atoms with Crippen LogP contribution in [0.3, 0.4) is 0 Å². The van der Waals surface area contributed by atoms with Crippen LogP contribution < -0.4 is 16.6 Å². The van der Waals surface area contributed by atoms with Crippen molar-refractivity contribution < 1.29 is 13.2 Å². The van der Waals surface area contributed by atoms with Crippen LogP contribution in [0.15, 0.2) is 6.07 Å². The maximum absolute atomic E-state index is 12.8.